The molecule has 1 aliphatic rings. The third-order valence-electron chi connectivity index (χ3n) is 3.02. The van der Waals surface area contributed by atoms with Crippen LogP contribution in [0.25, 0.3) is 11.5 Å². The van der Waals surface area contributed by atoms with Gasteiger partial charge in [-0.2, -0.15) is 4.98 Å². The first-order valence-corrected chi connectivity index (χ1v) is 6.22. The van der Waals surface area contributed by atoms with Crippen LogP contribution in [0.1, 0.15) is 11.9 Å². The number of aromatic nitrogens is 2. The normalized spacial score (nSPS) is 18.6. The Kier molecular flexibility index (Phi) is 3.50. The fraction of sp³-hybridized carbons (Fsp3) is 0.333. The maximum Gasteiger partial charge on any atom is 0.270 e. The lowest BCUT2D eigenvalue weighted by Gasteiger charge is -2.19. The summed E-state index contributed by atoms with van der Waals surface area (Å²) in [7, 11) is 0. The summed E-state index contributed by atoms with van der Waals surface area (Å²) in [6.45, 7) is 1.32. The molecule has 110 valence electrons. The maximum atomic E-state index is 10.8. The predicted molar refractivity (Wildman–Crippen MR) is 70.3 cm³/mol. The van der Waals surface area contributed by atoms with Crippen LogP contribution in [0.3, 0.4) is 0 Å². The van der Waals surface area contributed by atoms with Gasteiger partial charge in [-0.15, -0.1) is 0 Å². The molecule has 9 nitrogen and oxygen atoms in total. The molecule has 0 aliphatic carbocycles. The van der Waals surface area contributed by atoms with E-state index in [0.717, 1.165) is 0 Å². The summed E-state index contributed by atoms with van der Waals surface area (Å²) < 4.78 is 15.8. The van der Waals surface area contributed by atoms with Gasteiger partial charge in [0, 0.05) is 17.8 Å². The average molecular weight is 292 g/mol. The van der Waals surface area contributed by atoms with Crippen LogP contribution in [0.4, 0.5) is 11.4 Å². The lowest BCUT2D eigenvalue weighted by molar-refractivity contribution is -0.384. The SMILES string of the molecule is Nc1ccc([N+](=O)[O-])cc1-c1nc(C2COCCO2)no1. The molecule has 0 amide bonds. The zero-order chi connectivity index (χ0) is 14.8. The van der Waals surface area contributed by atoms with Gasteiger partial charge in [0.2, 0.25) is 5.82 Å². The van der Waals surface area contributed by atoms with Crippen molar-refractivity contribution >= 4 is 11.4 Å². The molecule has 0 spiro atoms. The van der Waals surface area contributed by atoms with Crippen molar-refractivity contribution in [3.63, 3.8) is 0 Å². The molecular weight excluding hydrogens is 280 g/mol. The quantitative estimate of drug-likeness (QED) is 0.509. The molecule has 1 unspecified atom stereocenters. The van der Waals surface area contributed by atoms with E-state index in [1.165, 1.54) is 18.2 Å². The van der Waals surface area contributed by atoms with Crippen LogP contribution in [0.2, 0.25) is 0 Å². The highest BCUT2D eigenvalue weighted by Gasteiger charge is 2.24. The molecule has 9 heteroatoms. The summed E-state index contributed by atoms with van der Waals surface area (Å²) in [5.41, 5.74) is 6.34. The fourth-order valence-corrected chi connectivity index (χ4v) is 1.95. The van der Waals surface area contributed by atoms with Crippen LogP contribution in [0.5, 0.6) is 0 Å². The van der Waals surface area contributed by atoms with E-state index in [1.807, 2.05) is 0 Å². The van der Waals surface area contributed by atoms with Crippen molar-refractivity contribution in [1.82, 2.24) is 10.1 Å². The van der Waals surface area contributed by atoms with Crippen molar-refractivity contribution in [1.29, 1.82) is 0 Å². The van der Waals surface area contributed by atoms with Crippen LogP contribution in [-0.4, -0.2) is 34.9 Å². The van der Waals surface area contributed by atoms with E-state index in [0.29, 0.717) is 36.9 Å². The summed E-state index contributed by atoms with van der Waals surface area (Å²) in [6.07, 6.45) is -0.406. The summed E-state index contributed by atoms with van der Waals surface area (Å²) >= 11 is 0. The molecule has 21 heavy (non-hydrogen) atoms. The van der Waals surface area contributed by atoms with Crippen molar-refractivity contribution in [2.45, 2.75) is 6.10 Å². The topological polar surface area (TPSA) is 127 Å². The molecule has 0 radical (unpaired) electrons. The first kappa shape index (κ1) is 13.5. The molecule has 1 aromatic heterocycles. The molecule has 1 atom stereocenters. The van der Waals surface area contributed by atoms with Crippen molar-refractivity contribution < 1.29 is 18.9 Å². The number of non-ortho nitro benzene ring substituents is 1. The Morgan fingerprint density at radius 2 is 2.24 bits per heavy atom. The number of anilines is 1. The van der Waals surface area contributed by atoms with E-state index in [2.05, 4.69) is 10.1 Å². The lowest BCUT2D eigenvalue weighted by atomic mass is 10.1. The third kappa shape index (κ3) is 2.69. The highest BCUT2D eigenvalue weighted by molar-refractivity contribution is 5.73. The third-order valence-corrected chi connectivity index (χ3v) is 3.02. The molecule has 1 fully saturated rings. The number of rotatable bonds is 3. The summed E-state index contributed by atoms with van der Waals surface area (Å²) in [4.78, 5) is 14.5. The Morgan fingerprint density at radius 3 is 2.95 bits per heavy atom. The van der Waals surface area contributed by atoms with Crippen molar-refractivity contribution in [3.8, 4) is 11.5 Å². The zero-order valence-electron chi connectivity index (χ0n) is 10.9. The summed E-state index contributed by atoms with van der Waals surface area (Å²) in [5.74, 6) is 0.441. The number of nitro groups is 1. The standard InChI is InChI=1S/C12H12N4O5/c13-9-2-1-7(16(17)18)5-8(9)12-14-11(15-21-12)10-6-19-3-4-20-10/h1-2,5,10H,3-4,6,13H2. The van der Waals surface area contributed by atoms with Gasteiger partial charge in [0.15, 0.2) is 0 Å². The molecule has 3 rings (SSSR count). The number of hydrogen-bond acceptors (Lipinski definition) is 8. The van der Waals surface area contributed by atoms with Gasteiger partial charge in [-0.05, 0) is 6.07 Å². The zero-order valence-corrected chi connectivity index (χ0v) is 10.9. The van der Waals surface area contributed by atoms with Crippen molar-refractivity contribution in [2.75, 3.05) is 25.6 Å². The molecule has 1 aliphatic heterocycles. The fourth-order valence-electron chi connectivity index (χ4n) is 1.95. The van der Waals surface area contributed by atoms with E-state index < -0.39 is 11.0 Å². The molecule has 2 aromatic rings. The minimum Gasteiger partial charge on any atom is -0.398 e. The second kappa shape index (κ2) is 5.46. The minimum absolute atomic E-state index is 0.101. The van der Waals surface area contributed by atoms with E-state index in [1.54, 1.807) is 0 Å². The number of hydrogen-bond donors (Lipinski definition) is 1. The van der Waals surface area contributed by atoms with E-state index >= 15 is 0 Å². The largest absolute Gasteiger partial charge is 0.398 e. The molecular formula is C12H12N4O5. The lowest BCUT2D eigenvalue weighted by Crippen LogP contribution is -2.22. The average Bonchev–Trinajstić information content (AvgIpc) is 2.98. The van der Waals surface area contributed by atoms with Gasteiger partial charge in [-0.25, -0.2) is 0 Å². The van der Waals surface area contributed by atoms with Gasteiger partial charge in [0.25, 0.3) is 11.6 Å². The van der Waals surface area contributed by atoms with Crippen LogP contribution in [0.15, 0.2) is 22.7 Å². The van der Waals surface area contributed by atoms with Crippen LogP contribution < -0.4 is 5.73 Å². The molecule has 0 saturated carbocycles. The smallest absolute Gasteiger partial charge is 0.270 e. The second-order valence-corrected chi connectivity index (χ2v) is 4.42. The minimum atomic E-state index is -0.516. The van der Waals surface area contributed by atoms with Crippen molar-refractivity contribution in [3.05, 3.63) is 34.1 Å². The molecule has 1 aromatic carbocycles. The predicted octanol–water partition coefficient (Wildman–Crippen LogP) is 1.31. The second-order valence-electron chi connectivity index (χ2n) is 4.42. The monoisotopic (exact) mass is 292 g/mol. The summed E-state index contributed by atoms with van der Waals surface area (Å²) in [5, 5.41) is 14.6. The number of ether oxygens (including phenoxy) is 2. The van der Waals surface area contributed by atoms with Crippen LogP contribution >= 0.6 is 0 Å². The highest BCUT2D eigenvalue weighted by Crippen LogP contribution is 2.30. The van der Waals surface area contributed by atoms with Gasteiger partial charge < -0.3 is 19.7 Å². The number of nitrogens with two attached hydrogens (primary N) is 1. The number of nitrogens with zero attached hydrogens (tertiary/aromatic N) is 3. The van der Waals surface area contributed by atoms with Gasteiger partial charge in [-0.3, -0.25) is 10.1 Å². The summed E-state index contributed by atoms with van der Waals surface area (Å²) in [6, 6.07) is 4.04. The van der Waals surface area contributed by atoms with Gasteiger partial charge in [0.05, 0.1) is 30.3 Å². The Morgan fingerprint density at radius 1 is 1.38 bits per heavy atom. The Balaban J connectivity index is 1.92. The Labute approximate surface area is 118 Å². The van der Waals surface area contributed by atoms with E-state index in [4.69, 9.17) is 19.7 Å². The van der Waals surface area contributed by atoms with Crippen LogP contribution in [0, 0.1) is 10.1 Å². The maximum absolute atomic E-state index is 10.8. The van der Waals surface area contributed by atoms with E-state index in [-0.39, 0.29) is 11.6 Å². The highest BCUT2D eigenvalue weighted by atomic mass is 16.6. The molecule has 1 saturated heterocycles. The number of benzene rings is 1. The van der Waals surface area contributed by atoms with Crippen molar-refractivity contribution in [2.24, 2.45) is 0 Å². The molecule has 0 bridgehead atoms. The van der Waals surface area contributed by atoms with Gasteiger partial charge in [-0.1, -0.05) is 5.16 Å². The number of nitrogen functional groups attached to an aromatic ring is 1. The Hall–Kier alpha value is -2.52. The van der Waals surface area contributed by atoms with Gasteiger partial charge in [0.1, 0.15) is 6.10 Å². The van der Waals surface area contributed by atoms with Gasteiger partial charge >= 0.3 is 0 Å². The first-order chi connectivity index (χ1) is 10.1. The first-order valence-electron chi connectivity index (χ1n) is 6.22. The molecule has 2 N–H and O–H groups in total. The van der Waals surface area contributed by atoms with Crippen LogP contribution in [-0.2, 0) is 9.47 Å². The van der Waals surface area contributed by atoms with E-state index in [9.17, 15) is 10.1 Å². The Bertz CT molecular complexity index is 665. The molecule has 2 heterocycles. The number of nitro benzene ring substituents is 1.